The van der Waals surface area contributed by atoms with Crippen molar-refractivity contribution in [1.29, 1.82) is 0 Å². The molecule has 9 nitrogen and oxygen atoms in total. The number of imide groups is 1. The Kier molecular flexibility index (Phi) is 4.14. The van der Waals surface area contributed by atoms with Gasteiger partial charge in [0.1, 0.15) is 11.7 Å². The fourth-order valence-electron chi connectivity index (χ4n) is 2.69. The van der Waals surface area contributed by atoms with Crippen molar-refractivity contribution in [3.8, 4) is 5.69 Å². The quantitative estimate of drug-likeness (QED) is 0.729. The third-order valence-electron chi connectivity index (χ3n) is 4.07. The normalized spacial score (nSPS) is 17.0. The molecular weight excluding hydrogens is 326 g/mol. The van der Waals surface area contributed by atoms with Gasteiger partial charge in [-0.25, -0.2) is 9.48 Å². The summed E-state index contributed by atoms with van der Waals surface area (Å²) >= 11 is 0. The van der Waals surface area contributed by atoms with Gasteiger partial charge >= 0.3 is 6.03 Å². The minimum Gasteiger partial charge on any atom is -0.325 e. The average molecular weight is 343 g/mol. The van der Waals surface area contributed by atoms with Gasteiger partial charge in [0.15, 0.2) is 0 Å². The number of hydrogen-bond donors (Lipinski definition) is 3. The van der Waals surface area contributed by atoms with Gasteiger partial charge in [-0.15, -0.1) is 0 Å². The van der Waals surface area contributed by atoms with Gasteiger partial charge in [0.05, 0.1) is 17.8 Å². The van der Waals surface area contributed by atoms with Gasteiger partial charge in [-0.3, -0.25) is 24.4 Å². The fraction of sp³-hybridized carbons (Fsp3) is 0.250. The molecule has 1 fully saturated rings. The second-order valence-electron chi connectivity index (χ2n) is 5.70. The van der Waals surface area contributed by atoms with Crippen molar-refractivity contribution < 1.29 is 14.4 Å². The number of carbonyl (C=O) groups is 3. The van der Waals surface area contributed by atoms with Crippen LogP contribution in [-0.4, -0.2) is 33.3 Å². The summed E-state index contributed by atoms with van der Waals surface area (Å²) in [6.07, 6.45) is -0.184. The maximum Gasteiger partial charge on any atom is 0.322 e. The van der Waals surface area contributed by atoms with E-state index in [1.54, 1.807) is 42.9 Å². The molecule has 3 N–H and O–H groups in total. The number of hydrogen-bond acceptors (Lipinski definition) is 4. The van der Waals surface area contributed by atoms with Crippen LogP contribution in [0.3, 0.4) is 0 Å². The van der Waals surface area contributed by atoms with E-state index in [0.717, 1.165) is 0 Å². The van der Waals surface area contributed by atoms with Crippen LogP contribution in [0.15, 0.2) is 35.1 Å². The molecule has 0 saturated carbocycles. The number of urea groups is 1. The predicted molar refractivity (Wildman–Crippen MR) is 89.5 cm³/mol. The highest BCUT2D eigenvalue weighted by Gasteiger charge is 2.30. The molecule has 0 spiro atoms. The zero-order chi connectivity index (χ0) is 18.1. The molecule has 0 radical (unpaired) electrons. The van der Waals surface area contributed by atoms with E-state index in [0.29, 0.717) is 11.4 Å². The van der Waals surface area contributed by atoms with Gasteiger partial charge in [-0.05, 0) is 19.1 Å². The monoisotopic (exact) mass is 343 g/mol. The zero-order valence-corrected chi connectivity index (χ0v) is 13.7. The first-order valence-electron chi connectivity index (χ1n) is 7.63. The van der Waals surface area contributed by atoms with Gasteiger partial charge < -0.3 is 10.6 Å². The Balaban J connectivity index is 1.91. The van der Waals surface area contributed by atoms with E-state index in [1.807, 2.05) is 11.4 Å². The van der Waals surface area contributed by atoms with Gasteiger partial charge in [-0.1, -0.05) is 18.2 Å². The number of para-hydroxylation sites is 1. The summed E-state index contributed by atoms with van der Waals surface area (Å²) in [6.45, 7) is 1.70. The molecule has 0 aliphatic carbocycles. The van der Waals surface area contributed by atoms with Crippen LogP contribution in [0.5, 0.6) is 0 Å². The maximum absolute atomic E-state index is 12.7. The Labute approximate surface area is 142 Å². The van der Waals surface area contributed by atoms with Gasteiger partial charge in [-0.2, -0.15) is 0 Å². The van der Waals surface area contributed by atoms with Crippen molar-refractivity contribution in [3.63, 3.8) is 0 Å². The van der Waals surface area contributed by atoms with Crippen LogP contribution in [0.1, 0.15) is 12.1 Å². The molecule has 1 aromatic carbocycles. The highest BCUT2D eigenvalue weighted by Crippen LogP contribution is 2.14. The molecule has 130 valence electrons. The highest BCUT2D eigenvalue weighted by atomic mass is 16.2. The molecule has 1 atom stereocenters. The largest absolute Gasteiger partial charge is 0.325 e. The summed E-state index contributed by atoms with van der Waals surface area (Å²) in [5.74, 6) is -1.16. The van der Waals surface area contributed by atoms with Gasteiger partial charge in [0.2, 0.25) is 11.8 Å². The lowest BCUT2D eigenvalue weighted by atomic mass is 10.1. The molecule has 4 amide bonds. The molecule has 1 aliphatic rings. The van der Waals surface area contributed by atoms with Crippen LogP contribution < -0.4 is 21.5 Å². The third kappa shape index (κ3) is 3.03. The number of amides is 4. The number of aromatic nitrogens is 2. The number of nitrogens with one attached hydrogen (secondary N) is 3. The van der Waals surface area contributed by atoms with E-state index in [2.05, 4.69) is 10.6 Å². The summed E-state index contributed by atoms with van der Waals surface area (Å²) < 4.78 is 3.05. The van der Waals surface area contributed by atoms with Crippen molar-refractivity contribution in [2.24, 2.45) is 7.05 Å². The summed E-state index contributed by atoms with van der Waals surface area (Å²) in [5, 5.41) is 6.94. The van der Waals surface area contributed by atoms with Crippen molar-refractivity contribution in [1.82, 2.24) is 20.0 Å². The van der Waals surface area contributed by atoms with Crippen LogP contribution >= 0.6 is 0 Å². The van der Waals surface area contributed by atoms with Crippen LogP contribution in [0.25, 0.3) is 5.69 Å². The average Bonchev–Trinajstić information content (AvgIpc) is 2.78. The fourth-order valence-corrected chi connectivity index (χ4v) is 2.69. The van der Waals surface area contributed by atoms with E-state index in [4.69, 9.17) is 0 Å². The topological polar surface area (TPSA) is 114 Å². The Bertz CT molecular complexity index is 897. The minimum atomic E-state index is -1.02. The Morgan fingerprint density at radius 3 is 2.52 bits per heavy atom. The highest BCUT2D eigenvalue weighted by molar-refractivity contribution is 6.05. The summed E-state index contributed by atoms with van der Waals surface area (Å²) in [5.41, 5.74) is 0.917. The molecule has 1 unspecified atom stereocenters. The molecule has 1 aliphatic heterocycles. The summed E-state index contributed by atoms with van der Waals surface area (Å²) in [6, 6.07) is 7.24. The summed E-state index contributed by atoms with van der Waals surface area (Å²) in [7, 11) is 1.70. The number of benzene rings is 1. The number of rotatable bonds is 3. The standard InChI is InChI=1S/C16H17N5O4/c1-9-13(19-14(23)11-8-12(22)18-16(25)17-11)15(24)21(20(9)2)10-6-4-3-5-7-10/h3-7,11H,8H2,1-2H3,(H,19,23)(H2,17,18,22,25). The van der Waals surface area contributed by atoms with E-state index >= 15 is 0 Å². The Morgan fingerprint density at radius 2 is 1.88 bits per heavy atom. The Hall–Kier alpha value is -3.36. The van der Waals surface area contributed by atoms with Gasteiger partial charge in [0, 0.05) is 7.05 Å². The second kappa shape index (κ2) is 6.27. The lowest BCUT2D eigenvalue weighted by Crippen LogP contribution is -2.56. The van der Waals surface area contributed by atoms with Crippen LogP contribution in [0.2, 0.25) is 0 Å². The molecule has 1 aromatic heterocycles. The first-order chi connectivity index (χ1) is 11.9. The van der Waals surface area contributed by atoms with E-state index < -0.39 is 29.4 Å². The van der Waals surface area contributed by atoms with E-state index in [-0.39, 0.29) is 12.1 Å². The molecular formula is C16H17N5O4. The van der Waals surface area contributed by atoms with Crippen molar-refractivity contribution in [2.45, 2.75) is 19.4 Å². The SMILES string of the molecule is Cc1c(NC(=O)C2CC(=O)NC(=O)N2)c(=O)n(-c2ccccc2)n1C. The van der Waals surface area contributed by atoms with Crippen molar-refractivity contribution >= 4 is 23.5 Å². The molecule has 0 bridgehead atoms. The van der Waals surface area contributed by atoms with Gasteiger partial charge in [0.25, 0.3) is 5.56 Å². The predicted octanol–water partition coefficient (Wildman–Crippen LogP) is 0.0210. The first kappa shape index (κ1) is 16.5. The van der Waals surface area contributed by atoms with Crippen LogP contribution in [0, 0.1) is 6.92 Å². The first-order valence-corrected chi connectivity index (χ1v) is 7.63. The Morgan fingerprint density at radius 1 is 1.20 bits per heavy atom. The summed E-state index contributed by atoms with van der Waals surface area (Å²) in [4.78, 5) is 47.8. The minimum absolute atomic E-state index is 0.108. The number of carbonyl (C=O) groups excluding carboxylic acids is 3. The lowest BCUT2D eigenvalue weighted by Gasteiger charge is -2.21. The maximum atomic E-state index is 12.7. The molecule has 2 heterocycles. The van der Waals surface area contributed by atoms with Crippen LogP contribution in [-0.2, 0) is 16.6 Å². The van der Waals surface area contributed by atoms with Crippen molar-refractivity contribution in [2.75, 3.05) is 5.32 Å². The second-order valence-corrected chi connectivity index (χ2v) is 5.70. The van der Waals surface area contributed by atoms with Crippen molar-refractivity contribution in [3.05, 3.63) is 46.4 Å². The van der Waals surface area contributed by atoms with E-state index in [1.165, 1.54) is 4.68 Å². The molecule has 1 saturated heterocycles. The number of anilines is 1. The molecule has 2 aromatic rings. The molecule has 3 rings (SSSR count). The molecule has 9 heteroatoms. The number of nitrogens with zero attached hydrogens (tertiary/aromatic N) is 2. The van der Waals surface area contributed by atoms with E-state index in [9.17, 15) is 19.2 Å². The molecule has 25 heavy (non-hydrogen) atoms. The lowest BCUT2D eigenvalue weighted by molar-refractivity contribution is -0.126. The third-order valence-corrected chi connectivity index (χ3v) is 4.07. The zero-order valence-electron chi connectivity index (χ0n) is 13.7. The smallest absolute Gasteiger partial charge is 0.322 e. The van der Waals surface area contributed by atoms with Crippen LogP contribution in [0.4, 0.5) is 10.5 Å².